The van der Waals surface area contributed by atoms with Gasteiger partial charge in [0.2, 0.25) is 0 Å². The van der Waals surface area contributed by atoms with Crippen LogP contribution < -0.4 is 5.32 Å². The summed E-state index contributed by atoms with van der Waals surface area (Å²) >= 11 is 0. The van der Waals surface area contributed by atoms with E-state index in [1.54, 1.807) is 0 Å². The zero-order chi connectivity index (χ0) is 9.84. The summed E-state index contributed by atoms with van der Waals surface area (Å²) in [6.07, 6.45) is 1.60. The van der Waals surface area contributed by atoms with Crippen molar-refractivity contribution in [2.24, 2.45) is 11.8 Å². The van der Waals surface area contributed by atoms with Gasteiger partial charge >= 0.3 is 0 Å². The first kappa shape index (κ1) is 11.0. The fourth-order valence-electron chi connectivity index (χ4n) is 2.02. The number of nitrogens with one attached hydrogen (secondary N) is 1. The second kappa shape index (κ2) is 4.97. The molecular weight excluding hydrogens is 162 g/mol. The Morgan fingerprint density at radius 2 is 2.00 bits per heavy atom. The maximum absolute atomic E-state index is 5.80. The van der Waals surface area contributed by atoms with Gasteiger partial charge in [-0.15, -0.1) is 0 Å². The molecule has 0 amide bonds. The van der Waals surface area contributed by atoms with Crippen molar-refractivity contribution in [3.8, 4) is 0 Å². The first-order valence-corrected chi connectivity index (χ1v) is 5.46. The van der Waals surface area contributed by atoms with Gasteiger partial charge in [-0.25, -0.2) is 0 Å². The molecule has 0 bridgehead atoms. The molecule has 2 unspecified atom stereocenters. The number of rotatable bonds is 3. The number of ether oxygens (including phenoxy) is 1. The van der Waals surface area contributed by atoms with E-state index < -0.39 is 0 Å². The van der Waals surface area contributed by atoms with Gasteiger partial charge in [0, 0.05) is 12.6 Å². The van der Waals surface area contributed by atoms with Gasteiger partial charge < -0.3 is 10.1 Å². The van der Waals surface area contributed by atoms with Crippen molar-refractivity contribution >= 4 is 0 Å². The minimum absolute atomic E-state index is 0.425. The summed E-state index contributed by atoms with van der Waals surface area (Å²) < 4.78 is 5.80. The Kier molecular flexibility index (Phi) is 4.20. The molecule has 1 saturated heterocycles. The molecular formula is C11H23NO. The molecule has 0 aliphatic carbocycles. The third-order valence-corrected chi connectivity index (χ3v) is 2.64. The Morgan fingerprint density at radius 3 is 2.54 bits per heavy atom. The van der Waals surface area contributed by atoms with E-state index in [9.17, 15) is 0 Å². The normalized spacial score (nSPS) is 30.0. The van der Waals surface area contributed by atoms with Crippen molar-refractivity contribution in [2.75, 3.05) is 13.2 Å². The van der Waals surface area contributed by atoms with Crippen molar-refractivity contribution in [1.29, 1.82) is 0 Å². The van der Waals surface area contributed by atoms with E-state index in [4.69, 9.17) is 4.74 Å². The van der Waals surface area contributed by atoms with E-state index in [0.29, 0.717) is 18.1 Å². The maximum Gasteiger partial charge on any atom is 0.0733 e. The highest BCUT2D eigenvalue weighted by atomic mass is 16.5. The molecule has 1 aliphatic heterocycles. The van der Waals surface area contributed by atoms with Crippen LogP contribution in [0.5, 0.6) is 0 Å². The van der Waals surface area contributed by atoms with Crippen LogP contribution in [-0.2, 0) is 4.74 Å². The lowest BCUT2D eigenvalue weighted by atomic mass is 9.91. The number of morpholine rings is 1. The molecule has 0 aromatic heterocycles. The van der Waals surface area contributed by atoms with E-state index in [1.165, 1.54) is 6.42 Å². The molecule has 1 aliphatic rings. The highest BCUT2D eigenvalue weighted by molar-refractivity contribution is 4.83. The van der Waals surface area contributed by atoms with Gasteiger partial charge in [-0.2, -0.15) is 0 Å². The highest BCUT2D eigenvalue weighted by Crippen LogP contribution is 2.19. The van der Waals surface area contributed by atoms with E-state index in [1.807, 2.05) is 0 Å². The Balaban J connectivity index is 2.46. The predicted octanol–water partition coefficient (Wildman–Crippen LogP) is 2.05. The second-order valence-electron chi connectivity index (χ2n) is 4.76. The molecule has 1 N–H and O–H groups in total. The van der Waals surface area contributed by atoms with Crippen LogP contribution in [0.3, 0.4) is 0 Å². The lowest BCUT2D eigenvalue weighted by molar-refractivity contribution is -0.0273. The first-order chi connectivity index (χ1) is 6.11. The van der Waals surface area contributed by atoms with E-state index in [2.05, 4.69) is 33.0 Å². The van der Waals surface area contributed by atoms with Crippen LogP contribution in [0.2, 0.25) is 0 Å². The lowest BCUT2D eigenvalue weighted by Crippen LogP contribution is -2.51. The smallest absolute Gasteiger partial charge is 0.0733 e. The van der Waals surface area contributed by atoms with Crippen molar-refractivity contribution in [3.63, 3.8) is 0 Å². The monoisotopic (exact) mass is 185 g/mol. The lowest BCUT2D eigenvalue weighted by Gasteiger charge is -2.36. The molecule has 0 saturated carbocycles. The summed E-state index contributed by atoms with van der Waals surface area (Å²) in [5.41, 5.74) is 0. The van der Waals surface area contributed by atoms with Gasteiger partial charge in [0.1, 0.15) is 0 Å². The fourth-order valence-corrected chi connectivity index (χ4v) is 2.02. The van der Waals surface area contributed by atoms with Crippen LogP contribution >= 0.6 is 0 Å². The van der Waals surface area contributed by atoms with E-state index in [-0.39, 0.29) is 0 Å². The van der Waals surface area contributed by atoms with E-state index >= 15 is 0 Å². The molecule has 2 heteroatoms. The topological polar surface area (TPSA) is 21.3 Å². The molecule has 0 aromatic rings. The van der Waals surface area contributed by atoms with Crippen molar-refractivity contribution in [1.82, 2.24) is 5.32 Å². The zero-order valence-corrected chi connectivity index (χ0v) is 9.34. The summed E-state index contributed by atoms with van der Waals surface area (Å²) in [4.78, 5) is 0. The second-order valence-corrected chi connectivity index (χ2v) is 4.76. The quantitative estimate of drug-likeness (QED) is 0.726. The molecule has 1 heterocycles. The SMILES string of the molecule is CC(C)CC1OCCNC1C(C)C. The van der Waals surface area contributed by atoms with Crippen LogP contribution in [0.15, 0.2) is 0 Å². The van der Waals surface area contributed by atoms with Crippen molar-refractivity contribution in [3.05, 3.63) is 0 Å². The Morgan fingerprint density at radius 1 is 1.31 bits per heavy atom. The van der Waals surface area contributed by atoms with Crippen molar-refractivity contribution < 1.29 is 4.74 Å². The summed E-state index contributed by atoms with van der Waals surface area (Å²) in [6, 6.07) is 0.552. The highest BCUT2D eigenvalue weighted by Gasteiger charge is 2.28. The molecule has 0 aromatic carbocycles. The number of hydrogen-bond donors (Lipinski definition) is 1. The molecule has 13 heavy (non-hydrogen) atoms. The van der Waals surface area contributed by atoms with Crippen LogP contribution in [0, 0.1) is 11.8 Å². The minimum atomic E-state index is 0.425. The molecule has 2 atom stereocenters. The van der Waals surface area contributed by atoms with Crippen LogP contribution in [-0.4, -0.2) is 25.3 Å². The van der Waals surface area contributed by atoms with Gasteiger partial charge in [0.15, 0.2) is 0 Å². The largest absolute Gasteiger partial charge is 0.375 e. The summed E-state index contributed by atoms with van der Waals surface area (Å²) in [5, 5.41) is 3.55. The van der Waals surface area contributed by atoms with Crippen LogP contribution in [0.4, 0.5) is 0 Å². The molecule has 0 radical (unpaired) electrons. The third-order valence-electron chi connectivity index (χ3n) is 2.64. The Labute approximate surface area is 82.0 Å². The standard InChI is InChI=1S/C11H23NO/c1-8(2)7-10-11(9(3)4)12-5-6-13-10/h8-12H,5-7H2,1-4H3. The summed E-state index contributed by atoms with van der Waals surface area (Å²) in [5.74, 6) is 1.40. The summed E-state index contributed by atoms with van der Waals surface area (Å²) in [6.45, 7) is 10.9. The third kappa shape index (κ3) is 3.28. The Bertz CT molecular complexity index is 145. The molecule has 1 rings (SSSR count). The van der Waals surface area contributed by atoms with Crippen LogP contribution in [0.1, 0.15) is 34.1 Å². The molecule has 78 valence electrons. The van der Waals surface area contributed by atoms with E-state index in [0.717, 1.165) is 19.1 Å². The van der Waals surface area contributed by atoms with Crippen molar-refractivity contribution in [2.45, 2.75) is 46.3 Å². The zero-order valence-electron chi connectivity index (χ0n) is 9.34. The molecule has 1 fully saturated rings. The van der Waals surface area contributed by atoms with Gasteiger partial charge in [-0.3, -0.25) is 0 Å². The van der Waals surface area contributed by atoms with Gasteiger partial charge in [-0.1, -0.05) is 27.7 Å². The maximum atomic E-state index is 5.80. The predicted molar refractivity (Wildman–Crippen MR) is 55.8 cm³/mol. The number of hydrogen-bond acceptors (Lipinski definition) is 2. The van der Waals surface area contributed by atoms with Crippen LogP contribution in [0.25, 0.3) is 0 Å². The summed E-state index contributed by atoms with van der Waals surface area (Å²) in [7, 11) is 0. The molecule has 2 nitrogen and oxygen atoms in total. The van der Waals surface area contributed by atoms with Gasteiger partial charge in [0.05, 0.1) is 12.7 Å². The Hall–Kier alpha value is -0.0800. The van der Waals surface area contributed by atoms with Gasteiger partial charge in [0.25, 0.3) is 0 Å². The minimum Gasteiger partial charge on any atom is -0.375 e. The average molecular weight is 185 g/mol. The first-order valence-electron chi connectivity index (χ1n) is 5.46. The van der Waals surface area contributed by atoms with Gasteiger partial charge in [-0.05, 0) is 18.3 Å². The molecule has 0 spiro atoms. The fraction of sp³-hybridized carbons (Fsp3) is 1.00. The average Bonchev–Trinajstić information content (AvgIpc) is 2.03.